The predicted octanol–water partition coefficient (Wildman–Crippen LogP) is 4.97. The lowest BCUT2D eigenvalue weighted by atomic mass is 10.2. The summed E-state index contributed by atoms with van der Waals surface area (Å²) in [7, 11) is 1.50. The highest BCUT2D eigenvalue weighted by molar-refractivity contribution is 5.95. The summed E-state index contributed by atoms with van der Waals surface area (Å²) in [6.45, 7) is 6.66. The highest BCUT2D eigenvalue weighted by Crippen LogP contribution is 2.29. The number of carbonyl (C=O) groups is 2. The summed E-state index contributed by atoms with van der Waals surface area (Å²) < 4.78 is 22.3. The average Bonchev–Trinajstić information content (AvgIpc) is 2.91. The lowest BCUT2D eigenvalue weighted by Gasteiger charge is -2.12. The number of nitrogens with one attached hydrogen (secondary N) is 2. The van der Waals surface area contributed by atoms with Crippen LogP contribution in [-0.2, 0) is 4.79 Å². The molecule has 0 heterocycles. The van der Waals surface area contributed by atoms with E-state index in [1.807, 2.05) is 45.0 Å². The second-order valence-corrected chi connectivity index (χ2v) is 8.26. The molecule has 3 aromatic rings. The molecule has 0 saturated heterocycles. The highest BCUT2D eigenvalue weighted by Gasteiger charge is 2.12. The lowest BCUT2D eigenvalue weighted by Crippen LogP contribution is -2.20. The molecule has 3 aromatic carbocycles. The number of aryl methyl sites for hydroxylation is 1. The zero-order chi connectivity index (χ0) is 27.3. The maximum atomic E-state index is 12.6. The van der Waals surface area contributed by atoms with Crippen molar-refractivity contribution in [1.82, 2.24) is 5.43 Å². The molecular formula is C29H33N3O6. The number of hydrazone groups is 1. The molecule has 0 aromatic heterocycles. The fraction of sp³-hybridized carbons (Fsp3) is 0.276. The van der Waals surface area contributed by atoms with Crippen LogP contribution in [0.15, 0.2) is 65.8 Å². The summed E-state index contributed by atoms with van der Waals surface area (Å²) in [4.78, 5) is 24.8. The van der Waals surface area contributed by atoms with Crippen molar-refractivity contribution >= 4 is 23.7 Å². The van der Waals surface area contributed by atoms with Gasteiger partial charge in [0.15, 0.2) is 29.6 Å². The molecule has 38 heavy (non-hydrogen) atoms. The monoisotopic (exact) mass is 519 g/mol. The number of nitrogens with zero attached hydrogens (tertiary/aromatic N) is 1. The number of amides is 2. The van der Waals surface area contributed by atoms with Crippen LogP contribution in [0.5, 0.6) is 23.0 Å². The van der Waals surface area contributed by atoms with Crippen LogP contribution in [0.2, 0.25) is 0 Å². The maximum absolute atomic E-state index is 12.6. The van der Waals surface area contributed by atoms with Crippen LogP contribution < -0.4 is 29.7 Å². The smallest absolute Gasteiger partial charge is 0.271 e. The van der Waals surface area contributed by atoms with E-state index in [9.17, 15) is 9.59 Å². The molecular weight excluding hydrogens is 486 g/mol. The van der Waals surface area contributed by atoms with Gasteiger partial charge >= 0.3 is 0 Å². The van der Waals surface area contributed by atoms with Crippen LogP contribution in [0.25, 0.3) is 0 Å². The summed E-state index contributed by atoms with van der Waals surface area (Å²) in [5.74, 6) is 1.25. The first-order chi connectivity index (χ1) is 18.4. The quantitative estimate of drug-likeness (QED) is 0.244. The van der Waals surface area contributed by atoms with Crippen LogP contribution in [0.3, 0.4) is 0 Å². The molecule has 0 unspecified atom stereocenters. The van der Waals surface area contributed by atoms with Crippen LogP contribution >= 0.6 is 0 Å². The first-order valence-corrected chi connectivity index (χ1v) is 12.3. The number of rotatable bonds is 13. The molecule has 200 valence electrons. The third-order valence-electron chi connectivity index (χ3n) is 5.20. The van der Waals surface area contributed by atoms with E-state index < -0.39 is 5.91 Å². The number of methoxy groups -OCH3 is 1. The Kier molecular flexibility index (Phi) is 10.5. The van der Waals surface area contributed by atoms with Crippen LogP contribution in [-0.4, -0.2) is 45.0 Å². The van der Waals surface area contributed by atoms with Gasteiger partial charge in [-0.25, -0.2) is 5.43 Å². The standard InChI is InChI=1S/C29H33N3O6/c1-5-14-37-25-13-11-22(17-27(25)36-6-2)29(34)32-30-18-21-10-12-24(26(16-21)35-4)38-19-28(33)31-23-9-7-8-20(3)15-23/h7-13,15-18H,5-6,14,19H2,1-4H3,(H,31,33)(H,32,34)/b30-18+. The zero-order valence-electron chi connectivity index (χ0n) is 22.1. The van der Waals surface area contributed by atoms with E-state index in [2.05, 4.69) is 15.8 Å². The van der Waals surface area contributed by atoms with Crippen molar-refractivity contribution in [2.45, 2.75) is 27.2 Å². The van der Waals surface area contributed by atoms with E-state index in [1.165, 1.54) is 13.3 Å². The molecule has 2 N–H and O–H groups in total. The molecule has 0 aliphatic carbocycles. The van der Waals surface area contributed by atoms with Crippen molar-refractivity contribution in [2.75, 3.05) is 32.2 Å². The molecule has 0 aliphatic rings. The van der Waals surface area contributed by atoms with Crippen LogP contribution in [0.4, 0.5) is 5.69 Å². The molecule has 0 spiro atoms. The van der Waals surface area contributed by atoms with Gasteiger partial charge < -0.3 is 24.3 Å². The number of benzene rings is 3. The Labute approximate surface area is 222 Å². The number of hydrogen-bond donors (Lipinski definition) is 2. The van der Waals surface area contributed by atoms with Crippen molar-refractivity contribution in [3.05, 3.63) is 77.4 Å². The minimum atomic E-state index is -0.393. The van der Waals surface area contributed by atoms with E-state index in [-0.39, 0.29) is 12.5 Å². The second kappa shape index (κ2) is 14.3. The van der Waals surface area contributed by atoms with Crippen molar-refractivity contribution in [2.24, 2.45) is 5.10 Å². The van der Waals surface area contributed by atoms with Gasteiger partial charge in [-0.15, -0.1) is 0 Å². The number of anilines is 1. The van der Waals surface area contributed by atoms with Gasteiger partial charge in [0, 0.05) is 11.3 Å². The summed E-state index contributed by atoms with van der Waals surface area (Å²) >= 11 is 0. The van der Waals surface area contributed by atoms with E-state index in [0.29, 0.717) is 53.0 Å². The Hall–Kier alpha value is -4.53. The highest BCUT2D eigenvalue weighted by atomic mass is 16.5. The summed E-state index contributed by atoms with van der Waals surface area (Å²) in [6.07, 6.45) is 2.35. The van der Waals surface area contributed by atoms with Crippen molar-refractivity contribution in [3.8, 4) is 23.0 Å². The van der Waals surface area contributed by atoms with E-state index >= 15 is 0 Å². The molecule has 9 heteroatoms. The Bertz CT molecular complexity index is 1270. The molecule has 0 saturated carbocycles. The van der Waals surface area contributed by atoms with E-state index in [0.717, 1.165) is 12.0 Å². The Morgan fingerprint density at radius 3 is 2.42 bits per heavy atom. The van der Waals surface area contributed by atoms with Gasteiger partial charge in [0.05, 0.1) is 26.5 Å². The molecule has 3 rings (SSSR count). The number of ether oxygens (including phenoxy) is 4. The van der Waals surface area contributed by atoms with Gasteiger partial charge in [0.1, 0.15) is 0 Å². The molecule has 0 fully saturated rings. The summed E-state index contributed by atoms with van der Waals surface area (Å²) in [5, 5.41) is 6.84. The fourth-order valence-corrected chi connectivity index (χ4v) is 3.43. The first kappa shape index (κ1) is 28.0. The minimum Gasteiger partial charge on any atom is -0.493 e. The molecule has 9 nitrogen and oxygen atoms in total. The van der Waals surface area contributed by atoms with Crippen LogP contribution in [0.1, 0.15) is 41.8 Å². The van der Waals surface area contributed by atoms with Gasteiger partial charge in [-0.2, -0.15) is 5.10 Å². The Balaban J connectivity index is 1.58. The third kappa shape index (κ3) is 8.26. The summed E-state index contributed by atoms with van der Waals surface area (Å²) in [5.41, 5.74) is 5.31. The average molecular weight is 520 g/mol. The van der Waals surface area contributed by atoms with Gasteiger partial charge in [-0.1, -0.05) is 19.1 Å². The largest absolute Gasteiger partial charge is 0.493 e. The van der Waals surface area contributed by atoms with Crippen LogP contribution in [0, 0.1) is 6.92 Å². The molecule has 0 bridgehead atoms. The molecule has 0 radical (unpaired) electrons. The van der Waals surface area contributed by atoms with E-state index in [1.54, 1.807) is 36.4 Å². The normalized spacial score (nSPS) is 10.6. The van der Waals surface area contributed by atoms with Crippen molar-refractivity contribution in [1.29, 1.82) is 0 Å². The molecule has 0 aliphatic heterocycles. The topological polar surface area (TPSA) is 107 Å². The second-order valence-electron chi connectivity index (χ2n) is 8.26. The van der Waals surface area contributed by atoms with Gasteiger partial charge in [0.25, 0.3) is 11.8 Å². The Morgan fingerprint density at radius 1 is 0.895 bits per heavy atom. The minimum absolute atomic E-state index is 0.181. The lowest BCUT2D eigenvalue weighted by molar-refractivity contribution is -0.118. The van der Waals surface area contributed by atoms with Crippen molar-refractivity contribution < 1.29 is 28.5 Å². The predicted molar refractivity (Wildman–Crippen MR) is 147 cm³/mol. The maximum Gasteiger partial charge on any atom is 0.271 e. The SMILES string of the molecule is CCCOc1ccc(C(=O)N/N=C/c2ccc(OCC(=O)Nc3cccc(C)c3)c(OC)c2)cc1OCC. The molecule has 0 atom stereocenters. The van der Waals surface area contributed by atoms with E-state index in [4.69, 9.17) is 18.9 Å². The Morgan fingerprint density at radius 2 is 1.68 bits per heavy atom. The van der Waals surface area contributed by atoms with Gasteiger partial charge in [-0.3, -0.25) is 9.59 Å². The molecule has 2 amide bonds. The third-order valence-corrected chi connectivity index (χ3v) is 5.20. The number of carbonyl (C=O) groups excluding carboxylic acids is 2. The van der Waals surface area contributed by atoms with Gasteiger partial charge in [-0.05, 0) is 79.9 Å². The zero-order valence-corrected chi connectivity index (χ0v) is 22.1. The van der Waals surface area contributed by atoms with Gasteiger partial charge in [0.2, 0.25) is 0 Å². The first-order valence-electron chi connectivity index (χ1n) is 12.3. The number of hydrogen-bond acceptors (Lipinski definition) is 7. The fourth-order valence-electron chi connectivity index (χ4n) is 3.43. The summed E-state index contributed by atoms with van der Waals surface area (Å²) in [6, 6.07) is 17.6. The van der Waals surface area contributed by atoms with Crippen molar-refractivity contribution in [3.63, 3.8) is 0 Å².